The topological polar surface area (TPSA) is 39.1 Å². The van der Waals surface area contributed by atoms with Gasteiger partial charge in [0.05, 0.1) is 18.5 Å². The van der Waals surface area contributed by atoms with E-state index in [9.17, 15) is 0 Å². The quantitative estimate of drug-likeness (QED) is 0.899. The molecule has 1 N–H and O–H groups in total. The van der Waals surface area contributed by atoms with Gasteiger partial charge in [0.1, 0.15) is 0 Å². The molecule has 0 spiro atoms. The number of hydrogen-bond acceptors (Lipinski definition) is 3. The van der Waals surface area contributed by atoms with Crippen molar-refractivity contribution in [2.24, 2.45) is 5.41 Å². The monoisotopic (exact) mass is 335 g/mol. The lowest BCUT2D eigenvalue weighted by atomic mass is 9.92. The highest BCUT2D eigenvalue weighted by molar-refractivity contribution is 9.10. The van der Waals surface area contributed by atoms with E-state index in [0.717, 1.165) is 24.1 Å². The van der Waals surface area contributed by atoms with Crippen molar-refractivity contribution in [3.8, 4) is 6.07 Å². The van der Waals surface area contributed by atoms with Gasteiger partial charge in [-0.3, -0.25) is 0 Å². The summed E-state index contributed by atoms with van der Waals surface area (Å²) in [5, 5.41) is 12.6. The van der Waals surface area contributed by atoms with E-state index in [0.29, 0.717) is 6.42 Å². The standard InChI is InChI=1S/C16H22BrN3/c1-12-8-13(4-5-15(12)17)20-11-16(2,3)10-19-9-14(20)6-7-18/h4-5,8,14,19H,6,9-11H2,1-3H3. The van der Waals surface area contributed by atoms with Crippen LogP contribution in [0.15, 0.2) is 22.7 Å². The third-order valence-corrected chi connectivity index (χ3v) is 4.71. The van der Waals surface area contributed by atoms with E-state index in [4.69, 9.17) is 5.26 Å². The Labute approximate surface area is 130 Å². The van der Waals surface area contributed by atoms with E-state index in [1.54, 1.807) is 0 Å². The third-order valence-electron chi connectivity index (χ3n) is 3.82. The average molecular weight is 336 g/mol. The fourth-order valence-electron chi connectivity index (χ4n) is 2.73. The molecule has 1 unspecified atom stereocenters. The molecule has 1 heterocycles. The molecule has 1 aliphatic heterocycles. The minimum atomic E-state index is 0.200. The zero-order chi connectivity index (χ0) is 14.8. The van der Waals surface area contributed by atoms with Crippen LogP contribution in [-0.2, 0) is 0 Å². The van der Waals surface area contributed by atoms with Gasteiger partial charge >= 0.3 is 0 Å². The predicted molar refractivity (Wildman–Crippen MR) is 86.9 cm³/mol. The molecule has 0 saturated carbocycles. The molecule has 0 bridgehead atoms. The maximum Gasteiger partial charge on any atom is 0.0643 e. The van der Waals surface area contributed by atoms with Crippen LogP contribution in [0.1, 0.15) is 25.8 Å². The number of anilines is 1. The molecule has 1 aliphatic rings. The number of nitrogens with one attached hydrogen (secondary N) is 1. The van der Waals surface area contributed by atoms with Gasteiger partial charge in [-0.25, -0.2) is 0 Å². The highest BCUT2D eigenvalue weighted by Crippen LogP contribution is 2.29. The summed E-state index contributed by atoms with van der Waals surface area (Å²) >= 11 is 3.55. The summed E-state index contributed by atoms with van der Waals surface area (Å²) in [6.07, 6.45) is 0.554. The third kappa shape index (κ3) is 3.53. The van der Waals surface area contributed by atoms with Gasteiger partial charge in [0, 0.05) is 29.8 Å². The van der Waals surface area contributed by atoms with Crippen LogP contribution < -0.4 is 10.2 Å². The van der Waals surface area contributed by atoms with Crippen LogP contribution in [0.5, 0.6) is 0 Å². The lowest BCUT2D eigenvalue weighted by Crippen LogP contribution is -2.41. The second-order valence-electron chi connectivity index (χ2n) is 6.37. The zero-order valence-electron chi connectivity index (χ0n) is 12.4. The number of nitrogens with zero attached hydrogens (tertiary/aromatic N) is 2. The first kappa shape index (κ1) is 15.3. The van der Waals surface area contributed by atoms with Crippen molar-refractivity contribution in [2.75, 3.05) is 24.5 Å². The van der Waals surface area contributed by atoms with Crippen molar-refractivity contribution in [3.63, 3.8) is 0 Å². The predicted octanol–water partition coefficient (Wildman–Crippen LogP) is 3.48. The van der Waals surface area contributed by atoms with E-state index in [2.05, 4.69) is 71.2 Å². The van der Waals surface area contributed by atoms with E-state index in [-0.39, 0.29) is 11.5 Å². The van der Waals surface area contributed by atoms with Gasteiger partial charge in [-0.05, 0) is 36.1 Å². The molecule has 1 atom stereocenters. The van der Waals surface area contributed by atoms with Crippen LogP contribution in [0.4, 0.5) is 5.69 Å². The number of benzene rings is 1. The summed E-state index contributed by atoms with van der Waals surface area (Å²) in [6, 6.07) is 9.01. The second-order valence-corrected chi connectivity index (χ2v) is 7.23. The molecule has 4 heteroatoms. The Morgan fingerprint density at radius 2 is 2.25 bits per heavy atom. The molecule has 0 aliphatic carbocycles. The molecule has 1 aromatic rings. The van der Waals surface area contributed by atoms with Gasteiger partial charge in [0.2, 0.25) is 0 Å². The van der Waals surface area contributed by atoms with Crippen LogP contribution in [0, 0.1) is 23.7 Å². The first-order valence-corrected chi connectivity index (χ1v) is 7.83. The normalized spacial score (nSPS) is 22.1. The number of aryl methyl sites for hydroxylation is 1. The maximum absolute atomic E-state index is 9.09. The second kappa shape index (κ2) is 6.15. The molecule has 1 aromatic carbocycles. The number of nitriles is 1. The fraction of sp³-hybridized carbons (Fsp3) is 0.562. The molecule has 1 saturated heterocycles. The van der Waals surface area contributed by atoms with Gasteiger partial charge in [-0.15, -0.1) is 0 Å². The van der Waals surface area contributed by atoms with Crippen molar-refractivity contribution >= 4 is 21.6 Å². The van der Waals surface area contributed by atoms with Gasteiger partial charge in [-0.2, -0.15) is 5.26 Å². The van der Waals surface area contributed by atoms with E-state index >= 15 is 0 Å². The summed E-state index contributed by atoms with van der Waals surface area (Å²) in [5.74, 6) is 0. The molecule has 0 amide bonds. The highest BCUT2D eigenvalue weighted by atomic mass is 79.9. The number of halogens is 1. The van der Waals surface area contributed by atoms with Crippen molar-refractivity contribution < 1.29 is 0 Å². The molecule has 1 fully saturated rings. The van der Waals surface area contributed by atoms with Crippen molar-refractivity contribution in [3.05, 3.63) is 28.2 Å². The molecule has 0 aromatic heterocycles. The smallest absolute Gasteiger partial charge is 0.0643 e. The van der Waals surface area contributed by atoms with E-state index < -0.39 is 0 Å². The number of hydrogen-bond donors (Lipinski definition) is 1. The first-order chi connectivity index (χ1) is 9.43. The van der Waals surface area contributed by atoms with Crippen LogP contribution in [0.2, 0.25) is 0 Å². The minimum Gasteiger partial charge on any atom is -0.366 e. The molecular formula is C16H22BrN3. The van der Waals surface area contributed by atoms with E-state index in [1.807, 2.05) is 0 Å². The van der Waals surface area contributed by atoms with Crippen molar-refractivity contribution in [1.82, 2.24) is 5.32 Å². The Hall–Kier alpha value is -1.05. The van der Waals surface area contributed by atoms with Crippen LogP contribution in [0.25, 0.3) is 0 Å². The highest BCUT2D eigenvalue weighted by Gasteiger charge is 2.30. The Morgan fingerprint density at radius 1 is 1.50 bits per heavy atom. The summed E-state index contributed by atoms with van der Waals surface area (Å²) in [6.45, 7) is 9.47. The molecule has 0 radical (unpaired) electrons. The van der Waals surface area contributed by atoms with Crippen LogP contribution >= 0.6 is 15.9 Å². The fourth-order valence-corrected chi connectivity index (χ4v) is 2.98. The van der Waals surface area contributed by atoms with Crippen LogP contribution in [0.3, 0.4) is 0 Å². The number of rotatable bonds is 2. The Morgan fingerprint density at radius 3 is 2.90 bits per heavy atom. The molecule has 20 heavy (non-hydrogen) atoms. The largest absolute Gasteiger partial charge is 0.366 e. The summed E-state index contributed by atoms with van der Waals surface area (Å²) in [4.78, 5) is 2.39. The summed E-state index contributed by atoms with van der Waals surface area (Å²) < 4.78 is 1.13. The Bertz CT molecular complexity index is 519. The first-order valence-electron chi connectivity index (χ1n) is 7.03. The maximum atomic E-state index is 9.09. The van der Waals surface area contributed by atoms with Gasteiger partial charge in [-0.1, -0.05) is 29.8 Å². The molecule has 108 valence electrons. The van der Waals surface area contributed by atoms with E-state index in [1.165, 1.54) is 11.3 Å². The van der Waals surface area contributed by atoms with Crippen molar-refractivity contribution in [2.45, 2.75) is 33.2 Å². The minimum absolute atomic E-state index is 0.200. The SMILES string of the molecule is Cc1cc(N2CC(C)(C)CNCC2CC#N)ccc1Br. The Balaban J connectivity index is 2.35. The molecule has 3 nitrogen and oxygen atoms in total. The summed E-state index contributed by atoms with van der Waals surface area (Å²) in [7, 11) is 0. The summed E-state index contributed by atoms with van der Waals surface area (Å²) in [5.41, 5.74) is 2.64. The van der Waals surface area contributed by atoms with Crippen molar-refractivity contribution in [1.29, 1.82) is 5.26 Å². The average Bonchev–Trinajstić information content (AvgIpc) is 2.52. The zero-order valence-corrected chi connectivity index (χ0v) is 14.0. The van der Waals surface area contributed by atoms with Gasteiger partial charge < -0.3 is 10.2 Å². The molecular weight excluding hydrogens is 314 g/mol. The molecule has 2 rings (SSSR count). The van der Waals surface area contributed by atoms with Crippen LogP contribution in [-0.4, -0.2) is 25.7 Å². The van der Waals surface area contributed by atoms with Gasteiger partial charge in [0.25, 0.3) is 0 Å². The van der Waals surface area contributed by atoms with Gasteiger partial charge in [0.15, 0.2) is 0 Å². The lowest BCUT2D eigenvalue weighted by molar-refractivity contribution is 0.369. The Kier molecular flexibility index (Phi) is 4.72. The lowest BCUT2D eigenvalue weighted by Gasteiger charge is -2.35.